The molecule has 0 saturated carbocycles. The van der Waals surface area contributed by atoms with E-state index in [2.05, 4.69) is 29.5 Å². The fourth-order valence-corrected chi connectivity index (χ4v) is 5.22. The minimum absolute atomic E-state index is 0.0632. The summed E-state index contributed by atoms with van der Waals surface area (Å²) in [6.45, 7) is 9.19. The fraction of sp³-hybridized carbons (Fsp3) is 0.400. The number of piperidine rings is 1. The Morgan fingerprint density at radius 3 is 2.48 bits per heavy atom. The number of ether oxygens (including phenoxy) is 1. The van der Waals surface area contributed by atoms with Crippen LogP contribution in [0.25, 0.3) is 32.6 Å². The number of anilines is 1. The van der Waals surface area contributed by atoms with Gasteiger partial charge in [0.15, 0.2) is 0 Å². The SMILES string of the molecule is C[Si](C)(C)CCOCn1ccc2c3nc(N4CCC(=O)CC4)[nH]c3c3ccccc3c2c1=O. The Labute approximate surface area is 193 Å². The van der Waals surface area contributed by atoms with Crippen LogP contribution in [0, 0.1) is 0 Å². The van der Waals surface area contributed by atoms with Crippen molar-refractivity contribution in [3.8, 4) is 0 Å². The summed E-state index contributed by atoms with van der Waals surface area (Å²) in [5.41, 5.74) is 1.65. The number of nitrogens with zero attached hydrogens (tertiary/aromatic N) is 3. The van der Waals surface area contributed by atoms with Gasteiger partial charge in [-0.15, -0.1) is 0 Å². The number of fused-ring (bicyclic) bond motifs is 6. The number of carbonyl (C=O) groups is 1. The van der Waals surface area contributed by atoms with Crippen LogP contribution in [0.3, 0.4) is 0 Å². The number of aromatic amines is 1. The summed E-state index contributed by atoms with van der Waals surface area (Å²) in [4.78, 5) is 35.7. The van der Waals surface area contributed by atoms with Gasteiger partial charge in [0.1, 0.15) is 12.5 Å². The zero-order chi connectivity index (χ0) is 23.2. The lowest BCUT2D eigenvalue weighted by atomic mass is 10.0. The molecule has 0 radical (unpaired) electrons. The summed E-state index contributed by atoms with van der Waals surface area (Å²) < 4.78 is 7.51. The van der Waals surface area contributed by atoms with E-state index in [1.165, 1.54) is 0 Å². The first-order chi connectivity index (χ1) is 15.8. The molecule has 0 spiro atoms. The van der Waals surface area contributed by atoms with Crippen molar-refractivity contribution in [3.63, 3.8) is 0 Å². The van der Waals surface area contributed by atoms with Gasteiger partial charge >= 0.3 is 0 Å². The number of nitrogens with one attached hydrogen (secondary N) is 1. The predicted molar refractivity (Wildman–Crippen MR) is 136 cm³/mol. The van der Waals surface area contributed by atoms with E-state index in [4.69, 9.17) is 9.72 Å². The molecule has 2 aromatic heterocycles. The van der Waals surface area contributed by atoms with Gasteiger partial charge in [-0.3, -0.25) is 14.2 Å². The number of ketones is 1. The number of benzene rings is 2. The van der Waals surface area contributed by atoms with Crippen LogP contribution in [-0.2, 0) is 16.3 Å². The van der Waals surface area contributed by atoms with Crippen molar-refractivity contribution in [1.29, 1.82) is 0 Å². The second kappa shape index (κ2) is 8.42. The Kier molecular flexibility index (Phi) is 5.58. The highest BCUT2D eigenvalue weighted by atomic mass is 28.3. The van der Waals surface area contributed by atoms with E-state index in [9.17, 15) is 9.59 Å². The van der Waals surface area contributed by atoms with E-state index in [0.717, 1.165) is 39.2 Å². The van der Waals surface area contributed by atoms with E-state index in [1.54, 1.807) is 10.8 Å². The van der Waals surface area contributed by atoms with Crippen molar-refractivity contribution in [1.82, 2.24) is 14.5 Å². The molecule has 0 atom stereocenters. The molecule has 33 heavy (non-hydrogen) atoms. The van der Waals surface area contributed by atoms with Crippen LogP contribution in [0.5, 0.6) is 0 Å². The summed E-state index contributed by atoms with van der Waals surface area (Å²) in [6, 6.07) is 11.0. The average Bonchev–Trinajstić information content (AvgIpc) is 3.23. The Hall–Kier alpha value is -2.97. The smallest absolute Gasteiger partial charge is 0.261 e. The molecule has 0 bridgehead atoms. The highest BCUT2D eigenvalue weighted by Gasteiger charge is 2.22. The van der Waals surface area contributed by atoms with Crippen LogP contribution in [0.2, 0.25) is 25.7 Å². The normalized spacial score (nSPS) is 15.2. The highest BCUT2D eigenvalue weighted by molar-refractivity contribution is 6.76. The highest BCUT2D eigenvalue weighted by Crippen LogP contribution is 2.33. The van der Waals surface area contributed by atoms with Gasteiger partial charge < -0.3 is 14.6 Å². The summed E-state index contributed by atoms with van der Waals surface area (Å²) in [6.07, 6.45) is 2.89. The second-order valence-corrected chi connectivity index (χ2v) is 15.7. The van der Waals surface area contributed by atoms with E-state index < -0.39 is 8.07 Å². The molecule has 1 fully saturated rings. The topological polar surface area (TPSA) is 80.2 Å². The standard InChI is InChI=1S/C25H30N4O3Si/c1-33(2,3)15-14-32-16-29-13-10-20-21(24(29)31)18-6-4-5-7-19(18)22-23(20)27-25(26-22)28-11-8-17(30)9-12-28/h4-7,10,13H,8-9,11-12,14-16H2,1-3H3,(H,26,27). The van der Waals surface area contributed by atoms with Gasteiger partial charge in [0.2, 0.25) is 5.95 Å². The number of hydrogen-bond donors (Lipinski definition) is 1. The van der Waals surface area contributed by atoms with Gasteiger partial charge in [0.25, 0.3) is 5.56 Å². The number of H-pyrrole nitrogens is 1. The lowest BCUT2D eigenvalue weighted by Gasteiger charge is -2.25. The molecule has 3 heterocycles. The predicted octanol–water partition coefficient (Wildman–Crippen LogP) is 4.51. The number of imidazole rings is 1. The van der Waals surface area contributed by atoms with E-state index in [1.807, 2.05) is 30.3 Å². The summed E-state index contributed by atoms with van der Waals surface area (Å²) >= 11 is 0. The summed E-state index contributed by atoms with van der Waals surface area (Å²) in [5.74, 6) is 1.06. The second-order valence-electron chi connectivity index (χ2n) is 10.1. The Bertz CT molecular complexity index is 1410. The van der Waals surface area contributed by atoms with Gasteiger partial charge in [-0.05, 0) is 17.5 Å². The maximum atomic E-state index is 13.5. The molecule has 0 amide bonds. The van der Waals surface area contributed by atoms with Crippen molar-refractivity contribution < 1.29 is 9.53 Å². The van der Waals surface area contributed by atoms with Crippen molar-refractivity contribution in [3.05, 3.63) is 46.9 Å². The zero-order valence-electron chi connectivity index (χ0n) is 19.5. The molecule has 0 unspecified atom stereocenters. The van der Waals surface area contributed by atoms with Crippen molar-refractivity contribution >= 4 is 52.4 Å². The van der Waals surface area contributed by atoms with Crippen LogP contribution in [0.4, 0.5) is 5.95 Å². The van der Waals surface area contributed by atoms with Crippen LogP contribution in [-0.4, -0.2) is 48.1 Å². The van der Waals surface area contributed by atoms with E-state index >= 15 is 0 Å². The number of pyridine rings is 1. The number of aromatic nitrogens is 3. The van der Waals surface area contributed by atoms with Crippen LogP contribution in [0.1, 0.15) is 12.8 Å². The number of hydrogen-bond acceptors (Lipinski definition) is 5. The molecular weight excluding hydrogens is 432 g/mol. The number of rotatable bonds is 6. The third-order valence-electron chi connectivity index (χ3n) is 6.42. The van der Waals surface area contributed by atoms with Crippen LogP contribution in [0.15, 0.2) is 41.3 Å². The number of carbonyl (C=O) groups excluding carboxylic acids is 1. The minimum Gasteiger partial charge on any atom is -0.361 e. The minimum atomic E-state index is -1.18. The van der Waals surface area contributed by atoms with E-state index in [-0.39, 0.29) is 12.3 Å². The Morgan fingerprint density at radius 2 is 1.76 bits per heavy atom. The molecule has 7 nitrogen and oxygen atoms in total. The largest absolute Gasteiger partial charge is 0.361 e. The zero-order valence-corrected chi connectivity index (χ0v) is 20.5. The summed E-state index contributed by atoms with van der Waals surface area (Å²) in [5, 5.41) is 3.38. The third kappa shape index (κ3) is 4.20. The van der Waals surface area contributed by atoms with Gasteiger partial charge in [-0.2, -0.15) is 0 Å². The van der Waals surface area contributed by atoms with Crippen molar-refractivity contribution in [2.75, 3.05) is 24.6 Å². The molecule has 1 aliphatic heterocycles. The fourth-order valence-electron chi connectivity index (χ4n) is 4.46. The summed E-state index contributed by atoms with van der Waals surface area (Å²) in [7, 11) is -1.18. The van der Waals surface area contributed by atoms with Gasteiger partial charge in [0.05, 0.1) is 16.4 Å². The lowest BCUT2D eigenvalue weighted by Crippen LogP contribution is -2.34. The molecule has 1 aliphatic rings. The van der Waals surface area contributed by atoms with Gasteiger partial charge in [-0.1, -0.05) is 43.9 Å². The van der Waals surface area contributed by atoms with Crippen molar-refractivity contribution in [2.45, 2.75) is 45.3 Å². The van der Waals surface area contributed by atoms with Crippen LogP contribution < -0.4 is 10.5 Å². The molecule has 1 saturated heterocycles. The molecular formula is C25H30N4O3Si. The first kappa shape index (κ1) is 21.9. The van der Waals surface area contributed by atoms with Gasteiger partial charge in [0, 0.05) is 57.6 Å². The Morgan fingerprint density at radius 1 is 1.03 bits per heavy atom. The third-order valence-corrected chi connectivity index (χ3v) is 8.13. The molecule has 0 aliphatic carbocycles. The molecule has 2 aromatic carbocycles. The first-order valence-electron chi connectivity index (χ1n) is 11.6. The Balaban J connectivity index is 1.59. The van der Waals surface area contributed by atoms with Gasteiger partial charge in [-0.25, -0.2) is 4.98 Å². The quantitative estimate of drug-likeness (QED) is 0.259. The lowest BCUT2D eigenvalue weighted by molar-refractivity contribution is -0.119. The monoisotopic (exact) mass is 462 g/mol. The average molecular weight is 463 g/mol. The first-order valence-corrected chi connectivity index (χ1v) is 15.3. The molecule has 172 valence electrons. The molecule has 8 heteroatoms. The maximum absolute atomic E-state index is 13.5. The van der Waals surface area contributed by atoms with Crippen LogP contribution >= 0.6 is 0 Å². The molecule has 5 rings (SSSR count). The number of Topliss-reactive ketones (excluding diaryl/α,β-unsaturated/α-hetero) is 1. The maximum Gasteiger partial charge on any atom is 0.261 e. The van der Waals surface area contributed by atoms with Crippen molar-refractivity contribution in [2.24, 2.45) is 0 Å². The molecule has 4 aromatic rings. The molecule has 1 N–H and O–H groups in total. The van der Waals surface area contributed by atoms with E-state index in [0.29, 0.717) is 43.7 Å².